The molecule has 14 heavy (non-hydrogen) atoms. The van der Waals surface area contributed by atoms with E-state index in [1.165, 1.54) is 0 Å². The summed E-state index contributed by atoms with van der Waals surface area (Å²) >= 11 is 0. The Labute approximate surface area is 82.9 Å². The second-order valence-corrected chi connectivity index (χ2v) is 3.09. The third-order valence-electron chi connectivity index (χ3n) is 2.08. The zero-order valence-electron chi connectivity index (χ0n) is 7.85. The topological polar surface area (TPSA) is 72.2 Å². The molecule has 1 aliphatic rings. The predicted molar refractivity (Wildman–Crippen MR) is 53.4 cm³/mol. The van der Waals surface area contributed by atoms with Crippen molar-refractivity contribution in [2.24, 2.45) is 17.6 Å². The monoisotopic (exact) mass is 194 g/mol. The summed E-state index contributed by atoms with van der Waals surface area (Å²) in [7, 11) is 0. The van der Waals surface area contributed by atoms with Crippen molar-refractivity contribution < 1.29 is 9.59 Å². The minimum Gasteiger partial charge on any atom is -0.354 e. The highest BCUT2D eigenvalue weighted by Crippen LogP contribution is 2.17. The van der Waals surface area contributed by atoms with Crippen molar-refractivity contribution in [3.63, 3.8) is 0 Å². The fraction of sp³-hybridized carbons (Fsp3) is 0.400. The number of carbonyl (C=O) groups excluding carboxylic acids is 2. The summed E-state index contributed by atoms with van der Waals surface area (Å²) in [4.78, 5) is 22.2. The zero-order chi connectivity index (χ0) is 10.4. The lowest BCUT2D eigenvalue weighted by Crippen LogP contribution is -2.37. The number of amides is 1. The first kappa shape index (κ1) is 10.7. The summed E-state index contributed by atoms with van der Waals surface area (Å²) in [6.07, 6.45) is 7.77. The first-order valence-corrected chi connectivity index (χ1v) is 4.57. The average molecular weight is 194 g/mol. The van der Waals surface area contributed by atoms with Gasteiger partial charge >= 0.3 is 0 Å². The fourth-order valence-electron chi connectivity index (χ4n) is 1.33. The molecule has 0 spiro atoms. The number of hydrogen-bond donors (Lipinski definition) is 2. The van der Waals surface area contributed by atoms with Gasteiger partial charge in [0.15, 0.2) is 0 Å². The molecule has 0 aliphatic heterocycles. The molecular weight excluding hydrogens is 180 g/mol. The van der Waals surface area contributed by atoms with E-state index >= 15 is 0 Å². The molecule has 3 N–H and O–H groups in total. The summed E-state index contributed by atoms with van der Waals surface area (Å²) in [6.45, 7) is 0.849. The molecule has 0 bridgehead atoms. The third kappa shape index (κ3) is 2.53. The number of carbonyl (C=O) groups is 2. The lowest BCUT2D eigenvalue weighted by atomic mass is 9.89. The molecule has 2 unspecified atom stereocenters. The van der Waals surface area contributed by atoms with Gasteiger partial charge in [0.2, 0.25) is 5.91 Å². The lowest BCUT2D eigenvalue weighted by molar-refractivity contribution is -0.126. The Balaban J connectivity index is 2.57. The maximum atomic E-state index is 11.5. The van der Waals surface area contributed by atoms with Gasteiger partial charge in [-0.25, -0.2) is 0 Å². The van der Waals surface area contributed by atoms with E-state index in [0.29, 0.717) is 13.1 Å². The molecule has 0 aromatic heterocycles. The zero-order valence-corrected chi connectivity index (χ0v) is 7.85. The highest BCUT2D eigenvalue weighted by Gasteiger charge is 2.24. The first-order chi connectivity index (χ1) is 6.79. The molecule has 0 heterocycles. The smallest absolute Gasteiger partial charge is 0.228 e. The van der Waals surface area contributed by atoms with Gasteiger partial charge in [0.05, 0.1) is 5.92 Å². The Kier molecular flexibility index (Phi) is 4.07. The van der Waals surface area contributed by atoms with E-state index in [1.807, 2.05) is 0 Å². The van der Waals surface area contributed by atoms with Gasteiger partial charge in [-0.3, -0.25) is 4.79 Å². The quantitative estimate of drug-likeness (QED) is 0.599. The van der Waals surface area contributed by atoms with Crippen LogP contribution < -0.4 is 11.1 Å². The second-order valence-electron chi connectivity index (χ2n) is 3.09. The van der Waals surface area contributed by atoms with Gasteiger partial charge in [-0.05, 0) is 0 Å². The number of hydrogen-bond acceptors (Lipinski definition) is 3. The van der Waals surface area contributed by atoms with Crippen molar-refractivity contribution in [2.45, 2.75) is 0 Å². The molecule has 0 radical (unpaired) electrons. The van der Waals surface area contributed by atoms with Crippen molar-refractivity contribution in [2.75, 3.05) is 13.1 Å². The minimum absolute atomic E-state index is 0.145. The van der Waals surface area contributed by atoms with Crippen LogP contribution in [0.5, 0.6) is 0 Å². The van der Waals surface area contributed by atoms with Crippen LogP contribution in [-0.4, -0.2) is 25.3 Å². The van der Waals surface area contributed by atoms with E-state index in [2.05, 4.69) is 5.32 Å². The van der Waals surface area contributed by atoms with E-state index in [1.54, 1.807) is 24.3 Å². The number of allylic oxidation sites excluding steroid dienone is 3. The van der Waals surface area contributed by atoms with Crippen LogP contribution in [0.25, 0.3) is 0 Å². The summed E-state index contributed by atoms with van der Waals surface area (Å²) in [5.41, 5.74) is 5.26. The van der Waals surface area contributed by atoms with E-state index in [4.69, 9.17) is 5.73 Å². The molecule has 4 nitrogen and oxygen atoms in total. The largest absolute Gasteiger partial charge is 0.354 e. The minimum atomic E-state index is -0.385. The maximum absolute atomic E-state index is 11.5. The molecule has 0 aromatic carbocycles. The normalized spacial score (nSPS) is 24.6. The molecule has 1 amide bonds. The standard InChI is InChI=1S/C10H14N2O2/c11-5-6-12-10(14)9-4-2-1-3-8(9)7-13/h1-4,7-9H,5-6,11H2,(H,12,14). The number of nitrogens with one attached hydrogen (secondary N) is 1. The Morgan fingerprint density at radius 1 is 1.43 bits per heavy atom. The van der Waals surface area contributed by atoms with Crippen LogP contribution in [-0.2, 0) is 9.59 Å². The molecule has 0 aromatic rings. The molecule has 76 valence electrons. The van der Waals surface area contributed by atoms with Crippen LogP contribution in [0.4, 0.5) is 0 Å². The maximum Gasteiger partial charge on any atom is 0.228 e. The molecule has 0 saturated carbocycles. The molecule has 4 heteroatoms. The van der Waals surface area contributed by atoms with Gasteiger partial charge in [0, 0.05) is 19.0 Å². The first-order valence-electron chi connectivity index (χ1n) is 4.57. The molecule has 2 atom stereocenters. The lowest BCUT2D eigenvalue weighted by Gasteiger charge is -2.18. The van der Waals surface area contributed by atoms with Gasteiger partial charge in [-0.15, -0.1) is 0 Å². The van der Waals surface area contributed by atoms with Crippen LogP contribution in [0.3, 0.4) is 0 Å². The summed E-state index contributed by atoms with van der Waals surface area (Å²) in [5, 5.41) is 2.66. The van der Waals surface area contributed by atoms with Gasteiger partial charge in [-0.2, -0.15) is 0 Å². The number of nitrogens with two attached hydrogens (primary N) is 1. The van der Waals surface area contributed by atoms with E-state index < -0.39 is 0 Å². The van der Waals surface area contributed by atoms with Crippen molar-refractivity contribution in [1.82, 2.24) is 5.32 Å². The van der Waals surface area contributed by atoms with Crippen molar-refractivity contribution in [1.29, 1.82) is 0 Å². The molecule has 1 aliphatic carbocycles. The Hall–Kier alpha value is -1.42. The molecular formula is C10H14N2O2. The van der Waals surface area contributed by atoms with Crippen LogP contribution in [0, 0.1) is 11.8 Å². The molecule has 0 saturated heterocycles. The third-order valence-corrected chi connectivity index (χ3v) is 2.08. The highest BCUT2D eigenvalue weighted by molar-refractivity contribution is 5.84. The van der Waals surface area contributed by atoms with Crippen molar-refractivity contribution in [3.8, 4) is 0 Å². The van der Waals surface area contributed by atoms with Crippen molar-refractivity contribution >= 4 is 12.2 Å². The predicted octanol–water partition coefficient (Wildman–Crippen LogP) is -0.381. The van der Waals surface area contributed by atoms with Gasteiger partial charge < -0.3 is 15.8 Å². The van der Waals surface area contributed by atoms with Crippen LogP contribution in [0.2, 0.25) is 0 Å². The summed E-state index contributed by atoms with van der Waals surface area (Å²) in [5.74, 6) is -0.880. The Morgan fingerprint density at radius 2 is 2.14 bits per heavy atom. The molecule has 0 fully saturated rings. The summed E-state index contributed by atoms with van der Waals surface area (Å²) < 4.78 is 0. The average Bonchev–Trinajstić information content (AvgIpc) is 2.25. The summed E-state index contributed by atoms with van der Waals surface area (Å²) in [6, 6.07) is 0. The van der Waals surface area contributed by atoms with E-state index in [9.17, 15) is 9.59 Å². The van der Waals surface area contributed by atoms with Gasteiger partial charge in [0.1, 0.15) is 6.29 Å². The molecule has 1 rings (SSSR count). The van der Waals surface area contributed by atoms with E-state index in [-0.39, 0.29) is 17.7 Å². The van der Waals surface area contributed by atoms with Crippen LogP contribution >= 0.6 is 0 Å². The number of rotatable bonds is 4. The second kappa shape index (κ2) is 5.34. The van der Waals surface area contributed by atoms with Gasteiger partial charge in [-0.1, -0.05) is 24.3 Å². The number of aldehydes is 1. The van der Waals surface area contributed by atoms with Crippen molar-refractivity contribution in [3.05, 3.63) is 24.3 Å². The van der Waals surface area contributed by atoms with E-state index in [0.717, 1.165) is 6.29 Å². The highest BCUT2D eigenvalue weighted by atomic mass is 16.2. The van der Waals surface area contributed by atoms with Crippen LogP contribution in [0.15, 0.2) is 24.3 Å². The van der Waals surface area contributed by atoms with Gasteiger partial charge in [0.25, 0.3) is 0 Å². The SMILES string of the molecule is NCCNC(=O)C1C=CC=CC1C=O. The fourth-order valence-corrected chi connectivity index (χ4v) is 1.33. The Bertz CT molecular complexity index is 271. The van der Waals surface area contributed by atoms with Crippen LogP contribution in [0.1, 0.15) is 0 Å². The Morgan fingerprint density at radius 3 is 2.79 bits per heavy atom.